The number of hydrogen-bond donors (Lipinski definition) is 3. The van der Waals surface area contributed by atoms with Gasteiger partial charge in [0.25, 0.3) is 5.91 Å². The Balaban J connectivity index is 1.43. The lowest BCUT2D eigenvalue weighted by Crippen LogP contribution is -2.63. The number of carbonyl (C=O) groups excluding carboxylic acids is 2. The van der Waals surface area contributed by atoms with E-state index in [0.717, 1.165) is 24.1 Å². The molecular weight excluding hydrogens is 398 g/mol. The van der Waals surface area contributed by atoms with Crippen molar-refractivity contribution >= 4 is 23.6 Å². The van der Waals surface area contributed by atoms with Crippen molar-refractivity contribution in [2.75, 3.05) is 32.1 Å². The second-order valence-electron chi connectivity index (χ2n) is 8.84. The van der Waals surface area contributed by atoms with E-state index in [0.29, 0.717) is 32.2 Å². The minimum atomic E-state index is -0.495. The summed E-state index contributed by atoms with van der Waals surface area (Å²) in [5.41, 5.74) is 1.26. The van der Waals surface area contributed by atoms with Gasteiger partial charge in [0.2, 0.25) is 0 Å². The summed E-state index contributed by atoms with van der Waals surface area (Å²) in [6.07, 6.45) is 1.04. The summed E-state index contributed by atoms with van der Waals surface area (Å²) in [6.45, 7) is 7.90. The molecule has 2 heterocycles. The number of aliphatic imine (C=N–C) groups is 1. The molecule has 3 rings (SSSR count). The van der Waals surface area contributed by atoms with Crippen LogP contribution in [0.2, 0.25) is 0 Å². The molecule has 0 spiro atoms. The number of nitrogens with zero attached hydrogens (tertiary/aromatic N) is 2. The Labute approximate surface area is 183 Å². The molecule has 0 saturated carbocycles. The highest BCUT2D eigenvalue weighted by Gasteiger charge is 2.34. The molecule has 0 aliphatic carbocycles. The second-order valence-corrected chi connectivity index (χ2v) is 8.84. The first-order valence-corrected chi connectivity index (χ1v) is 10.7. The highest BCUT2D eigenvalue weighted by molar-refractivity contribution is 5.94. The fourth-order valence-electron chi connectivity index (χ4n) is 3.39. The Hall–Kier alpha value is -2.81. The minimum absolute atomic E-state index is 0.0976. The quantitative estimate of drug-likeness (QED) is 0.487. The summed E-state index contributed by atoms with van der Waals surface area (Å²) < 4.78 is 10.8. The normalized spacial score (nSPS) is 19.5. The number of benzene rings is 1. The zero-order valence-corrected chi connectivity index (χ0v) is 18.7. The lowest BCUT2D eigenvalue weighted by molar-refractivity contribution is -0.124. The summed E-state index contributed by atoms with van der Waals surface area (Å²) in [5.74, 6) is 0.558. The average molecular weight is 432 g/mol. The van der Waals surface area contributed by atoms with Gasteiger partial charge >= 0.3 is 6.09 Å². The summed E-state index contributed by atoms with van der Waals surface area (Å²) in [6, 6.07) is 7.80. The molecule has 1 atom stereocenters. The molecule has 2 amide bonds. The van der Waals surface area contributed by atoms with Gasteiger partial charge < -0.3 is 30.3 Å². The third-order valence-corrected chi connectivity index (χ3v) is 4.97. The first kappa shape index (κ1) is 22.9. The van der Waals surface area contributed by atoms with Crippen molar-refractivity contribution in [3.05, 3.63) is 29.8 Å². The van der Waals surface area contributed by atoms with Crippen LogP contribution in [0.3, 0.4) is 0 Å². The molecule has 0 bridgehead atoms. The van der Waals surface area contributed by atoms with E-state index in [4.69, 9.17) is 9.47 Å². The number of nitrogens with one attached hydrogen (secondary N) is 3. The predicted octanol–water partition coefficient (Wildman–Crippen LogP) is 2.09. The SMILES string of the molecule is CN=C(NCc1cccc(NC(=O)C2CCCO2)c1)NC1CN(C(=O)OC(C)(C)C)C1. The van der Waals surface area contributed by atoms with Gasteiger partial charge in [-0.15, -0.1) is 0 Å². The summed E-state index contributed by atoms with van der Waals surface area (Å²) in [7, 11) is 1.71. The maximum Gasteiger partial charge on any atom is 0.410 e. The maximum absolute atomic E-state index is 12.2. The van der Waals surface area contributed by atoms with Gasteiger partial charge in [-0.05, 0) is 51.3 Å². The van der Waals surface area contributed by atoms with E-state index in [-0.39, 0.29) is 24.1 Å². The van der Waals surface area contributed by atoms with Crippen LogP contribution in [0.5, 0.6) is 0 Å². The summed E-state index contributed by atoms with van der Waals surface area (Å²) in [5, 5.41) is 9.50. The van der Waals surface area contributed by atoms with E-state index >= 15 is 0 Å². The van der Waals surface area contributed by atoms with Gasteiger partial charge in [0, 0.05) is 39.0 Å². The van der Waals surface area contributed by atoms with Gasteiger partial charge in [-0.25, -0.2) is 4.79 Å². The molecule has 170 valence electrons. The van der Waals surface area contributed by atoms with Gasteiger partial charge in [-0.1, -0.05) is 12.1 Å². The molecule has 2 saturated heterocycles. The number of rotatable bonds is 5. The minimum Gasteiger partial charge on any atom is -0.444 e. The number of ether oxygens (including phenoxy) is 2. The van der Waals surface area contributed by atoms with Gasteiger partial charge in [-0.2, -0.15) is 0 Å². The fourth-order valence-corrected chi connectivity index (χ4v) is 3.39. The molecular formula is C22H33N5O4. The molecule has 0 aromatic heterocycles. The van der Waals surface area contributed by atoms with E-state index in [1.165, 1.54) is 0 Å². The fraction of sp³-hybridized carbons (Fsp3) is 0.591. The standard InChI is InChI=1S/C22H33N5O4/c1-22(2,3)31-21(29)27-13-17(14-27)26-20(23-4)24-12-15-7-5-8-16(11-15)25-19(28)18-9-6-10-30-18/h5,7-8,11,17-18H,6,9-10,12-14H2,1-4H3,(H,25,28)(H2,23,24,26). The van der Waals surface area contributed by atoms with Crippen LogP contribution in [0.25, 0.3) is 0 Å². The highest BCUT2D eigenvalue weighted by Crippen LogP contribution is 2.17. The van der Waals surface area contributed by atoms with Gasteiger partial charge in [0.15, 0.2) is 5.96 Å². The van der Waals surface area contributed by atoms with E-state index in [2.05, 4.69) is 20.9 Å². The smallest absolute Gasteiger partial charge is 0.410 e. The Kier molecular flexibility index (Phi) is 7.37. The largest absolute Gasteiger partial charge is 0.444 e. The van der Waals surface area contributed by atoms with Crippen molar-refractivity contribution in [3.8, 4) is 0 Å². The van der Waals surface area contributed by atoms with Crippen LogP contribution in [-0.2, 0) is 20.8 Å². The van der Waals surface area contributed by atoms with E-state index in [1.807, 2.05) is 45.0 Å². The number of guanidine groups is 1. The third kappa shape index (κ3) is 6.85. The van der Waals surface area contributed by atoms with E-state index < -0.39 is 5.60 Å². The molecule has 1 unspecified atom stereocenters. The number of likely N-dealkylation sites (tertiary alicyclic amines) is 1. The molecule has 9 nitrogen and oxygen atoms in total. The average Bonchev–Trinajstić information content (AvgIpc) is 3.20. The first-order chi connectivity index (χ1) is 14.7. The van der Waals surface area contributed by atoms with Crippen LogP contribution in [0.1, 0.15) is 39.2 Å². The molecule has 31 heavy (non-hydrogen) atoms. The molecule has 0 radical (unpaired) electrons. The van der Waals surface area contributed by atoms with Crippen LogP contribution >= 0.6 is 0 Å². The predicted molar refractivity (Wildman–Crippen MR) is 119 cm³/mol. The molecule has 2 fully saturated rings. The Morgan fingerprint density at radius 2 is 2.06 bits per heavy atom. The van der Waals surface area contributed by atoms with Crippen molar-refractivity contribution in [1.29, 1.82) is 0 Å². The summed E-state index contributed by atoms with van der Waals surface area (Å²) in [4.78, 5) is 30.2. The Morgan fingerprint density at radius 1 is 1.29 bits per heavy atom. The van der Waals surface area contributed by atoms with Crippen molar-refractivity contribution in [3.63, 3.8) is 0 Å². The molecule has 1 aromatic rings. The maximum atomic E-state index is 12.2. The van der Waals surface area contributed by atoms with Crippen LogP contribution < -0.4 is 16.0 Å². The molecule has 1 aromatic carbocycles. The van der Waals surface area contributed by atoms with E-state index in [9.17, 15) is 9.59 Å². The lowest BCUT2D eigenvalue weighted by atomic mass is 10.1. The summed E-state index contributed by atoms with van der Waals surface area (Å²) >= 11 is 0. The van der Waals surface area contributed by atoms with Crippen molar-refractivity contribution in [1.82, 2.24) is 15.5 Å². The molecule has 2 aliphatic heterocycles. The van der Waals surface area contributed by atoms with Crippen molar-refractivity contribution in [2.45, 2.75) is 57.9 Å². The zero-order valence-electron chi connectivity index (χ0n) is 18.7. The monoisotopic (exact) mass is 431 g/mol. The van der Waals surface area contributed by atoms with Crippen LogP contribution in [0.15, 0.2) is 29.3 Å². The third-order valence-electron chi connectivity index (χ3n) is 4.97. The number of carbonyl (C=O) groups is 2. The topological polar surface area (TPSA) is 104 Å². The first-order valence-electron chi connectivity index (χ1n) is 10.7. The van der Waals surface area contributed by atoms with Gasteiger partial charge in [-0.3, -0.25) is 9.79 Å². The lowest BCUT2D eigenvalue weighted by Gasteiger charge is -2.40. The van der Waals surface area contributed by atoms with Gasteiger partial charge in [0.05, 0.1) is 6.04 Å². The van der Waals surface area contributed by atoms with Crippen molar-refractivity contribution in [2.24, 2.45) is 4.99 Å². The van der Waals surface area contributed by atoms with E-state index in [1.54, 1.807) is 11.9 Å². The number of hydrogen-bond acceptors (Lipinski definition) is 5. The second kappa shape index (κ2) is 10.00. The van der Waals surface area contributed by atoms with Crippen molar-refractivity contribution < 1.29 is 19.1 Å². The molecule has 3 N–H and O–H groups in total. The van der Waals surface area contributed by atoms with Gasteiger partial charge in [0.1, 0.15) is 11.7 Å². The Bertz CT molecular complexity index is 808. The highest BCUT2D eigenvalue weighted by atomic mass is 16.6. The molecule has 2 aliphatic rings. The van der Waals surface area contributed by atoms with Crippen LogP contribution in [-0.4, -0.2) is 67.4 Å². The zero-order chi connectivity index (χ0) is 22.4. The number of amides is 2. The molecule has 9 heteroatoms. The van der Waals surface area contributed by atoms with Crippen LogP contribution in [0, 0.1) is 0 Å². The number of anilines is 1. The Morgan fingerprint density at radius 3 is 2.71 bits per heavy atom. The van der Waals surface area contributed by atoms with Crippen LogP contribution in [0.4, 0.5) is 10.5 Å².